The van der Waals surface area contributed by atoms with Crippen LogP contribution in [0.3, 0.4) is 0 Å². The van der Waals surface area contributed by atoms with E-state index in [0.717, 1.165) is 32.4 Å². The first-order valence-corrected chi connectivity index (χ1v) is 8.73. The largest absolute Gasteiger partial charge is 0.342 e. The minimum atomic E-state index is 0.239. The Bertz CT molecular complexity index is 501. The van der Waals surface area contributed by atoms with E-state index in [4.69, 9.17) is 5.73 Å². The molecule has 0 radical (unpaired) electrons. The molecule has 3 rings (SSSR count). The van der Waals surface area contributed by atoms with Gasteiger partial charge >= 0.3 is 0 Å². The van der Waals surface area contributed by atoms with E-state index in [1.54, 1.807) is 0 Å². The Morgan fingerprint density at radius 1 is 1.23 bits per heavy atom. The Morgan fingerprint density at radius 3 is 2.64 bits per heavy atom. The van der Waals surface area contributed by atoms with E-state index >= 15 is 0 Å². The number of piperidine rings is 1. The Morgan fingerprint density at radius 2 is 2.00 bits per heavy atom. The molecular formula is C19H28N2O. The van der Waals surface area contributed by atoms with Crippen molar-refractivity contribution >= 4 is 5.91 Å². The number of likely N-dealkylation sites (tertiary alicyclic amines) is 1. The smallest absolute Gasteiger partial charge is 0.222 e. The highest BCUT2D eigenvalue weighted by atomic mass is 16.2. The highest BCUT2D eigenvalue weighted by molar-refractivity contribution is 5.76. The molecule has 1 amide bonds. The van der Waals surface area contributed by atoms with E-state index in [-0.39, 0.29) is 6.04 Å². The van der Waals surface area contributed by atoms with Crippen LogP contribution in [0.25, 0.3) is 0 Å². The Kier molecular flexibility index (Phi) is 4.82. The van der Waals surface area contributed by atoms with Crippen molar-refractivity contribution in [3.05, 3.63) is 35.9 Å². The van der Waals surface area contributed by atoms with E-state index < -0.39 is 0 Å². The van der Waals surface area contributed by atoms with E-state index in [9.17, 15) is 4.79 Å². The van der Waals surface area contributed by atoms with Crippen molar-refractivity contribution in [1.82, 2.24) is 4.90 Å². The zero-order valence-electron chi connectivity index (χ0n) is 13.6. The van der Waals surface area contributed by atoms with Crippen molar-refractivity contribution in [2.75, 3.05) is 13.1 Å². The van der Waals surface area contributed by atoms with E-state index in [1.807, 2.05) is 0 Å². The van der Waals surface area contributed by atoms with Gasteiger partial charge in [0, 0.05) is 25.6 Å². The van der Waals surface area contributed by atoms with Crippen LogP contribution in [0, 0.1) is 11.8 Å². The second-order valence-electron chi connectivity index (χ2n) is 7.18. The molecule has 2 aliphatic rings. The van der Waals surface area contributed by atoms with Crippen LogP contribution in [0.15, 0.2) is 30.3 Å². The number of amides is 1. The van der Waals surface area contributed by atoms with Crippen LogP contribution >= 0.6 is 0 Å². The fourth-order valence-corrected chi connectivity index (χ4v) is 4.24. The van der Waals surface area contributed by atoms with Gasteiger partial charge in [-0.25, -0.2) is 0 Å². The first kappa shape index (κ1) is 15.5. The lowest BCUT2D eigenvalue weighted by molar-refractivity contribution is -0.134. The van der Waals surface area contributed by atoms with Gasteiger partial charge in [0.1, 0.15) is 0 Å². The summed E-state index contributed by atoms with van der Waals surface area (Å²) in [6.07, 6.45) is 5.14. The van der Waals surface area contributed by atoms with Gasteiger partial charge in [-0.1, -0.05) is 43.7 Å². The average Bonchev–Trinajstić information content (AvgIpc) is 2.93. The topological polar surface area (TPSA) is 46.3 Å². The summed E-state index contributed by atoms with van der Waals surface area (Å²) < 4.78 is 0. The maximum absolute atomic E-state index is 12.6. The summed E-state index contributed by atoms with van der Waals surface area (Å²) in [5.74, 6) is 1.84. The van der Waals surface area contributed by atoms with E-state index in [2.05, 4.69) is 42.2 Å². The number of carbonyl (C=O) groups excluding carboxylic acids is 1. The normalized spacial score (nSPS) is 32.2. The van der Waals surface area contributed by atoms with Crippen molar-refractivity contribution in [2.45, 2.75) is 51.0 Å². The molecule has 0 aromatic heterocycles. The molecule has 2 unspecified atom stereocenters. The molecule has 3 heteroatoms. The molecule has 1 aliphatic carbocycles. The van der Waals surface area contributed by atoms with Crippen molar-refractivity contribution in [2.24, 2.45) is 17.6 Å². The number of hydrogen-bond acceptors (Lipinski definition) is 2. The highest BCUT2D eigenvalue weighted by Gasteiger charge is 2.32. The Balaban J connectivity index is 1.56. The molecule has 120 valence electrons. The fraction of sp³-hybridized carbons (Fsp3) is 0.632. The van der Waals surface area contributed by atoms with Gasteiger partial charge in [-0.05, 0) is 42.6 Å². The van der Waals surface area contributed by atoms with Crippen molar-refractivity contribution < 1.29 is 4.79 Å². The third-order valence-electron chi connectivity index (χ3n) is 5.64. The molecule has 1 saturated carbocycles. The zero-order chi connectivity index (χ0) is 15.5. The molecular weight excluding hydrogens is 272 g/mol. The maximum Gasteiger partial charge on any atom is 0.222 e. The molecule has 22 heavy (non-hydrogen) atoms. The third kappa shape index (κ3) is 3.35. The third-order valence-corrected chi connectivity index (χ3v) is 5.64. The van der Waals surface area contributed by atoms with Gasteiger partial charge in [0.05, 0.1) is 0 Å². The van der Waals surface area contributed by atoms with Gasteiger partial charge in [-0.2, -0.15) is 0 Å². The van der Waals surface area contributed by atoms with Crippen molar-refractivity contribution in [3.63, 3.8) is 0 Å². The standard InChI is InChI=1S/C19H28N2O/c1-14-13-21(19(22)12-16-8-5-9-18(16)20)11-10-17(14)15-6-3-2-4-7-15/h2-4,6-7,14,16-18H,5,8-13,20H2,1H3/t14?,16-,17?,18+/m0/s1. The molecule has 2 fully saturated rings. The summed E-state index contributed by atoms with van der Waals surface area (Å²) >= 11 is 0. The summed E-state index contributed by atoms with van der Waals surface area (Å²) in [7, 11) is 0. The Labute approximate surface area is 133 Å². The molecule has 3 nitrogen and oxygen atoms in total. The summed E-state index contributed by atoms with van der Waals surface area (Å²) in [5.41, 5.74) is 7.53. The quantitative estimate of drug-likeness (QED) is 0.932. The highest BCUT2D eigenvalue weighted by Crippen LogP contribution is 2.34. The molecule has 1 aromatic carbocycles. The van der Waals surface area contributed by atoms with Crippen LogP contribution < -0.4 is 5.73 Å². The molecule has 1 heterocycles. The van der Waals surface area contributed by atoms with Crippen molar-refractivity contribution in [1.29, 1.82) is 0 Å². The lowest BCUT2D eigenvalue weighted by Crippen LogP contribution is -2.43. The van der Waals surface area contributed by atoms with Crippen LogP contribution in [0.5, 0.6) is 0 Å². The van der Waals surface area contributed by atoms with Gasteiger partial charge in [-0.3, -0.25) is 4.79 Å². The maximum atomic E-state index is 12.6. The molecule has 0 spiro atoms. The molecule has 1 saturated heterocycles. The predicted octanol–water partition coefficient (Wildman–Crippen LogP) is 3.16. The summed E-state index contributed by atoms with van der Waals surface area (Å²) in [4.78, 5) is 14.6. The molecule has 1 aliphatic heterocycles. The van der Waals surface area contributed by atoms with Crippen molar-refractivity contribution in [3.8, 4) is 0 Å². The molecule has 0 bridgehead atoms. The van der Waals surface area contributed by atoms with Gasteiger partial charge in [0.15, 0.2) is 0 Å². The summed E-state index contributed by atoms with van der Waals surface area (Å²) in [6.45, 7) is 4.06. The molecule has 2 N–H and O–H groups in total. The first-order valence-electron chi connectivity index (χ1n) is 8.73. The second kappa shape index (κ2) is 6.82. The van der Waals surface area contributed by atoms with Gasteiger partial charge in [0.25, 0.3) is 0 Å². The molecule has 4 atom stereocenters. The summed E-state index contributed by atoms with van der Waals surface area (Å²) in [6, 6.07) is 11.0. The van der Waals surface area contributed by atoms with Gasteiger partial charge in [0.2, 0.25) is 5.91 Å². The number of carbonyl (C=O) groups is 1. The molecule has 1 aromatic rings. The average molecular weight is 300 g/mol. The van der Waals surface area contributed by atoms with E-state index in [1.165, 1.54) is 12.0 Å². The number of benzene rings is 1. The van der Waals surface area contributed by atoms with Gasteiger partial charge in [-0.15, -0.1) is 0 Å². The Hall–Kier alpha value is -1.35. The fourth-order valence-electron chi connectivity index (χ4n) is 4.24. The minimum absolute atomic E-state index is 0.239. The number of nitrogens with two attached hydrogens (primary N) is 1. The zero-order valence-corrected chi connectivity index (χ0v) is 13.6. The SMILES string of the molecule is CC1CN(C(=O)C[C@@H]2CCC[C@H]2N)CCC1c1ccccc1. The van der Waals surface area contributed by atoms with Gasteiger partial charge < -0.3 is 10.6 Å². The first-order chi connectivity index (χ1) is 10.6. The number of rotatable bonds is 3. The van der Waals surface area contributed by atoms with Crippen LogP contribution in [-0.2, 0) is 4.79 Å². The lowest BCUT2D eigenvalue weighted by Gasteiger charge is -2.38. The van der Waals surface area contributed by atoms with Crippen LogP contribution in [0.4, 0.5) is 0 Å². The summed E-state index contributed by atoms with van der Waals surface area (Å²) in [5, 5.41) is 0. The van der Waals surface area contributed by atoms with E-state index in [0.29, 0.717) is 30.1 Å². The monoisotopic (exact) mass is 300 g/mol. The predicted molar refractivity (Wildman–Crippen MR) is 89.5 cm³/mol. The second-order valence-corrected chi connectivity index (χ2v) is 7.18. The lowest BCUT2D eigenvalue weighted by atomic mass is 9.81. The van der Waals surface area contributed by atoms with Crippen LogP contribution in [0.1, 0.15) is 50.5 Å². The van der Waals surface area contributed by atoms with Crippen LogP contribution in [-0.4, -0.2) is 29.9 Å². The number of nitrogens with zero attached hydrogens (tertiary/aromatic N) is 1. The van der Waals surface area contributed by atoms with Crippen LogP contribution in [0.2, 0.25) is 0 Å². The number of hydrogen-bond donors (Lipinski definition) is 1. The minimum Gasteiger partial charge on any atom is -0.342 e.